The number of rotatable bonds is 3. The van der Waals surface area contributed by atoms with E-state index in [2.05, 4.69) is 23.4 Å². The van der Waals surface area contributed by atoms with Crippen LogP contribution in [-0.2, 0) is 12.8 Å². The van der Waals surface area contributed by atoms with Crippen LogP contribution >= 0.6 is 0 Å². The quantitative estimate of drug-likeness (QED) is 0.776. The van der Waals surface area contributed by atoms with Crippen molar-refractivity contribution < 1.29 is 4.74 Å². The predicted molar refractivity (Wildman–Crippen MR) is 65.6 cm³/mol. The Morgan fingerprint density at radius 2 is 2.44 bits per heavy atom. The van der Waals surface area contributed by atoms with E-state index in [1.54, 1.807) is 7.11 Å². The number of hydrogen-bond acceptors (Lipinski definition) is 2. The Labute approximate surface area is 97.0 Å². The summed E-state index contributed by atoms with van der Waals surface area (Å²) < 4.78 is 5.40. The van der Waals surface area contributed by atoms with E-state index in [4.69, 9.17) is 11.2 Å². The van der Waals surface area contributed by atoms with E-state index in [1.165, 1.54) is 11.1 Å². The van der Waals surface area contributed by atoms with Crippen LogP contribution in [0.15, 0.2) is 18.2 Å². The van der Waals surface area contributed by atoms with Crippen LogP contribution in [0.4, 0.5) is 0 Å². The summed E-state index contributed by atoms with van der Waals surface area (Å²) in [7, 11) is 1.73. The number of nitrogens with one attached hydrogen (secondary N) is 1. The zero-order valence-electron chi connectivity index (χ0n) is 9.62. The third-order valence-electron chi connectivity index (χ3n) is 3.16. The second kappa shape index (κ2) is 5.05. The molecular weight excluding hydrogens is 198 g/mol. The van der Waals surface area contributed by atoms with Crippen molar-refractivity contribution in [3.63, 3.8) is 0 Å². The SMILES string of the molecule is C#CCN[C@H]1CCc2cccc(OC)c2C1. The number of hydrogen-bond donors (Lipinski definition) is 1. The van der Waals surface area contributed by atoms with Crippen LogP contribution in [0, 0.1) is 12.3 Å². The molecule has 0 radical (unpaired) electrons. The average molecular weight is 215 g/mol. The van der Waals surface area contributed by atoms with E-state index in [0.717, 1.165) is 25.0 Å². The van der Waals surface area contributed by atoms with Crippen LogP contribution in [0.1, 0.15) is 17.5 Å². The van der Waals surface area contributed by atoms with Gasteiger partial charge < -0.3 is 10.1 Å². The number of ether oxygens (including phenoxy) is 1. The van der Waals surface area contributed by atoms with Crippen molar-refractivity contribution >= 4 is 0 Å². The van der Waals surface area contributed by atoms with Crippen LogP contribution in [-0.4, -0.2) is 19.7 Å². The number of aryl methyl sites for hydroxylation is 1. The Balaban J connectivity index is 2.15. The van der Waals surface area contributed by atoms with Crippen molar-refractivity contribution in [1.29, 1.82) is 0 Å². The molecule has 1 aromatic carbocycles. The topological polar surface area (TPSA) is 21.3 Å². The molecule has 0 saturated carbocycles. The molecule has 1 aliphatic rings. The summed E-state index contributed by atoms with van der Waals surface area (Å²) >= 11 is 0. The summed E-state index contributed by atoms with van der Waals surface area (Å²) in [6.45, 7) is 0.648. The molecule has 0 unspecified atom stereocenters. The number of methoxy groups -OCH3 is 1. The van der Waals surface area contributed by atoms with E-state index in [-0.39, 0.29) is 0 Å². The minimum atomic E-state index is 0.486. The molecule has 0 heterocycles. The van der Waals surface area contributed by atoms with Gasteiger partial charge in [0, 0.05) is 6.04 Å². The normalized spacial score (nSPS) is 18.6. The van der Waals surface area contributed by atoms with Gasteiger partial charge in [0.2, 0.25) is 0 Å². The van der Waals surface area contributed by atoms with Gasteiger partial charge >= 0.3 is 0 Å². The van der Waals surface area contributed by atoms with Crippen molar-refractivity contribution in [3.8, 4) is 18.1 Å². The number of benzene rings is 1. The molecule has 16 heavy (non-hydrogen) atoms. The van der Waals surface area contributed by atoms with Crippen LogP contribution < -0.4 is 10.1 Å². The Morgan fingerprint density at radius 3 is 3.19 bits per heavy atom. The Hall–Kier alpha value is -1.46. The van der Waals surface area contributed by atoms with Gasteiger partial charge in [0.1, 0.15) is 5.75 Å². The molecule has 0 spiro atoms. The van der Waals surface area contributed by atoms with Gasteiger partial charge in [-0.25, -0.2) is 0 Å². The summed E-state index contributed by atoms with van der Waals surface area (Å²) in [6, 6.07) is 6.77. The van der Waals surface area contributed by atoms with Crippen LogP contribution in [0.25, 0.3) is 0 Å². The molecule has 1 N–H and O–H groups in total. The van der Waals surface area contributed by atoms with Crippen LogP contribution in [0.3, 0.4) is 0 Å². The van der Waals surface area contributed by atoms with E-state index >= 15 is 0 Å². The fourth-order valence-electron chi connectivity index (χ4n) is 2.32. The first-order valence-corrected chi connectivity index (χ1v) is 5.66. The van der Waals surface area contributed by atoms with Crippen molar-refractivity contribution in [1.82, 2.24) is 5.32 Å². The standard InChI is InChI=1S/C14H17NO/c1-3-9-15-12-8-7-11-5-4-6-14(16-2)13(11)10-12/h1,4-6,12,15H,7-10H2,2H3/t12-/m0/s1. The number of fused-ring (bicyclic) bond motifs is 1. The van der Waals surface area contributed by atoms with E-state index in [0.29, 0.717) is 12.6 Å². The van der Waals surface area contributed by atoms with Crippen molar-refractivity contribution in [2.45, 2.75) is 25.3 Å². The summed E-state index contributed by atoms with van der Waals surface area (Å²) in [5.41, 5.74) is 2.75. The summed E-state index contributed by atoms with van der Waals surface area (Å²) in [5.74, 6) is 3.63. The maximum absolute atomic E-state index is 5.40. The molecule has 1 atom stereocenters. The zero-order chi connectivity index (χ0) is 11.4. The van der Waals surface area contributed by atoms with Crippen LogP contribution in [0.5, 0.6) is 5.75 Å². The lowest BCUT2D eigenvalue weighted by molar-refractivity contribution is 0.397. The third-order valence-corrected chi connectivity index (χ3v) is 3.16. The van der Waals surface area contributed by atoms with Gasteiger partial charge in [0.05, 0.1) is 13.7 Å². The maximum atomic E-state index is 5.40. The molecule has 0 aromatic heterocycles. The van der Waals surface area contributed by atoms with Crippen molar-refractivity contribution in [3.05, 3.63) is 29.3 Å². The molecule has 2 rings (SSSR count). The fourth-order valence-corrected chi connectivity index (χ4v) is 2.32. The highest BCUT2D eigenvalue weighted by Gasteiger charge is 2.20. The lowest BCUT2D eigenvalue weighted by atomic mass is 9.87. The lowest BCUT2D eigenvalue weighted by Gasteiger charge is -2.26. The summed E-state index contributed by atoms with van der Waals surface area (Å²) in [5, 5.41) is 3.37. The third kappa shape index (κ3) is 2.20. The average Bonchev–Trinajstić information content (AvgIpc) is 2.35. The Kier molecular flexibility index (Phi) is 3.48. The first-order valence-electron chi connectivity index (χ1n) is 5.66. The van der Waals surface area contributed by atoms with Gasteiger partial charge in [0.25, 0.3) is 0 Å². The molecule has 2 heteroatoms. The minimum absolute atomic E-state index is 0.486. The smallest absolute Gasteiger partial charge is 0.122 e. The first-order chi connectivity index (χ1) is 7.85. The molecule has 1 aliphatic carbocycles. The van der Waals surface area contributed by atoms with Crippen molar-refractivity contribution in [2.75, 3.05) is 13.7 Å². The minimum Gasteiger partial charge on any atom is -0.496 e. The van der Waals surface area contributed by atoms with Gasteiger partial charge in [-0.2, -0.15) is 0 Å². The van der Waals surface area contributed by atoms with E-state index in [9.17, 15) is 0 Å². The molecule has 0 amide bonds. The van der Waals surface area contributed by atoms with Gasteiger partial charge in [-0.05, 0) is 36.5 Å². The maximum Gasteiger partial charge on any atom is 0.122 e. The largest absolute Gasteiger partial charge is 0.496 e. The van der Waals surface area contributed by atoms with Gasteiger partial charge in [-0.3, -0.25) is 0 Å². The molecule has 0 saturated heterocycles. The molecule has 0 bridgehead atoms. The van der Waals surface area contributed by atoms with Gasteiger partial charge in [-0.1, -0.05) is 18.1 Å². The second-order valence-electron chi connectivity index (χ2n) is 4.12. The molecule has 1 aromatic rings. The monoisotopic (exact) mass is 215 g/mol. The van der Waals surface area contributed by atoms with Crippen molar-refractivity contribution in [2.24, 2.45) is 0 Å². The molecular formula is C14H17NO. The number of terminal acetylenes is 1. The predicted octanol–water partition coefficient (Wildman–Crippen LogP) is 1.78. The highest BCUT2D eigenvalue weighted by Crippen LogP contribution is 2.29. The fraction of sp³-hybridized carbons (Fsp3) is 0.429. The summed E-state index contributed by atoms with van der Waals surface area (Å²) in [4.78, 5) is 0. The summed E-state index contributed by atoms with van der Waals surface area (Å²) in [6.07, 6.45) is 8.53. The first kappa shape index (κ1) is 11.0. The lowest BCUT2D eigenvalue weighted by Crippen LogP contribution is -2.34. The second-order valence-corrected chi connectivity index (χ2v) is 4.12. The van der Waals surface area contributed by atoms with Gasteiger partial charge in [0.15, 0.2) is 0 Å². The zero-order valence-corrected chi connectivity index (χ0v) is 9.62. The molecule has 0 fully saturated rings. The molecule has 0 aliphatic heterocycles. The Morgan fingerprint density at radius 1 is 1.56 bits per heavy atom. The van der Waals surface area contributed by atoms with Crippen LogP contribution in [0.2, 0.25) is 0 Å². The molecule has 84 valence electrons. The molecule has 2 nitrogen and oxygen atoms in total. The van der Waals surface area contributed by atoms with E-state index in [1.807, 2.05) is 6.07 Å². The van der Waals surface area contributed by atoms with E-state index < -0.39 is 0 Å². The Bertz CT molecular complexity index is 391. The highest BCUT2D eigenvalue weighted by atomic mass is 16.5. The van der Waals surface area contributed by atoms with Gasteiger partial charge in [-0.15, -0.1) is 6.42 Å². The highest BCUT2D eigenvalue weighted by molar-refractivity contribution is 5.42.